The van der Waals surface area contributed by atoms with Crippen LogP contribution in [0.15, 0.2) is 67.3 Å². The zero-order chi connectivity index (χ0) is 19.8. The molecule has 6 nitrogen and oxygen atoms in total. The van der Waals surface area contributed by atoms with Gasteiger partial charge < -0.3 is 9.47 Å². The van der Waals surface area contributed by atoms with Crippen LogP contribution in [0, 0.1) is 5.92 Å². The average molecular weight is 385 g/mol. The van der Waals surface area contributed by atoms with Gasteiger partial charge in [0.25, 0.3) is 5.91 Å². The van der Waals surface area contributed by atoms with E-state index < -0.39 is 0 Å². The van der Waals surface area contributed by atoms with Gasteiger partial charge in [0, 0.05) is 59.8 Å². The Balaban J connectivity index is 1.33. The van der Waals surface area contributed by atoms with Crippen LogP contribution in [-0.2, 0) is 6.54 Å². The van der Waals surface area contributed by atoms with Crippen molar-refractivity contribution in [3.05, 3.63) is 72.8 Å². The number of carbonyl (C=O) groups is 1. The predicted molar refractivity (Wildman–Crippen MR) is 112 cm³/mol. The number of nitrogens with zero attached hydrogens (tertiary/aromatic N) is 4. The molecular weight excluding hydrogens is 362 g/mol. The molecule has 146 valence electrons. The number of fused-ring (bicyclic) bond motifs is 1. The van der Waals surface area contributed by atoms with E-state index in [4.69, 9.17) is 4.98 Å². The van der Waals surface area contributed by atoms with E-state index >= 15 is 0 Å². The van der Waals surface area contributed by atoms with E-state index in [1.54, 1.807) is 6.20 Å². The van der Waals surface area contributed by atoms with Gasteiger partial charge in [-0.25, -0.2) is 4.98 Å². The first kappa shape index (κ1) is 17.7. The summed E-state index contributed by atoms with van der Waals surface area (Å²) >= 11 is 0. The van der Waals surface area contributed by atoms with Crippen LogP contribution < -0.4 is 0 Å². The highest BCUT2D eigenvalue weighted by atomic mass is 16.2. The molecule has 1 N–H and O–H groups in total. The van der Waals surface area contributed by atoms with Gasteiger partial charge >= 0.3 is 0 Å². The number of rotatable bonds is 4. The second-order valence-corrected chi connectivity index (χ2v) is 7.87. The third-order valence-electron chi connectivity index (χ3n) is 5.83. The number of H-pyrrole nitrogens is 1. The number of amides is 1. The molecule has 1 aromatic carbocycles. The van der Waals surface area contributed by atoms with Crippen molar-refractivity contribution in [3.63, 3.8) is 0 Å². The summed E-state index contributed by atoms with van der Waals surface area (Å²) in [5.74, 6) is 0.546. The third kappa shape index (κ3) is 3.31. The van der Waals surface area contributed by atoms with Gasteiger partial charge in [0.05, 0.1) is 6.20 Å². The minimum atomic E-state index is 0.126. The molecule has 0 radical (unpaired) electrons. The van der Waals surface area contributed by atoms with Crippen LogP contribution in [0.5, 0.6) is 0 Å². The fourth-order valence-corrected chi connectivity index (χ4v) is 4.37. The van der Waals surface area contributed by atoms with Gasteiger partial charge in [0.1, 0.15) is 5.65 Å². The highest BCUT2D eigenvalue weighted by Crippen LogP contribution is 2.28. The Hall–Kier alpha value is -3.41. The Morgan fingerprint density at radius 3 is 2.83 bits per heavy atom. The minimum absolute atomic E-state index is 0.126. The molecule has 4 heterocycles. The second kappa shape index (κ2) is 7.20. The summed E-state index contributed by atoms with van der Waals surface area (Å²) in [5, 5.41) is 7.97. The first-order valence-corrected chi connectivity index (χ1v) is 9.99. The molecule has 0 saturated carbocycles. The van der Waals surface area contributed by atoms with Crippen LogP contribution in [-0.4, -0.2) is 43.1 Å². The molecule has 1 amide bonds. The first-order valence-electron chi connectivity index (χ1n) is 9.99. The molecule has 29 heavy (non-hydrogen) atoms. The van der Waals surface area contributed by atoms with Crippen LogP contribution in [0.3, 0.4) is 0 Å². The predicted octanol–water partition coefficient (Wildman–Crippen LogP) is 3.98. The van der Waals surface area contributed by atoms with E-state index in [-0.39, 0.29) is 11.9 Å². The third-order valence-corrected chi connectivity index (χ3v) is 5.83. The zero-order valence-corrected chi connectivity index (χ0v) is 16.3. The van der Waals surface area contributed by atoms with E-state index in [0.29, 0.717) is 5.92 Å². The Bertz CT molecular complexity index is 1130. The number of hydrogen-bond donors (Lipinski definition) is 1. The summed E-state index contributed by atoms with van der Waals surface area (Å²) in [6, 6.07) is 14.1. The fourth-order valence-electron chi connectivity index (χ4n) is 4.37. The van der Waals surface area contributed by atoms with Gasteiger partial charge in [-0.15, -0.1) is 0 Å². The van der Waals surface area contributed by atoms with Crippen molar-refractivity contribution in [2.75, 3.05) is 6.54 Å². The normalized spacial score (nSPS) is 19.1. The number of likely N-dealkylation sites (tertiary alicyclic amines) is 1. The van der Waals surface area contributed by atoms with Crippen LogP contribution >= 0.6 is 0 Å². The summed E-state index contributed by atoms with van der Waals surface area (Å²) in [7, 11) is 0. The molecule has 0 spiro atoms. The Morgan fingerprint density at radius 2 is 2.03 bits per heavy atom. The van der Waals surface area contributed by atoms with Crippen molar-refractivity contribution >= 4 is 16.9 Å². The van der Waals surface area contributed by atoms with E-state index in [2.05, 4.69) is 40.0 Å². The summed E-state index contributed by atoms with van der Waals surface area (Å²) in [6.07, 6.45) is 8.68. The minimum Gasteiger partial charge on any atom is -0.336 e. The van der Waals surface area contributed by atoms with Crippen LogP contribution in [0.1, 0.15) is 23.7 Å². The van der Waals surface area contributed by atoms with Crippen molar-refractivity contribution < 1.29 is 4.79 Å². The van der Waals surface area contributed by atoms with E-state index in [0.717, 1.165) is 47.2 Å². The molecule has 1 aliphatic heterocycles. The van der Waals surface area contributed by atoms with Crippen molar-refractivity contribution in [2.45, 2.75) is 25.9 Å². The van der Waals surface area contributed by atoms with E-state index in [9.17, 15) is 4.79 Å². The number of aromatic nitrogens is 4. The van der Waals surface area contributed by atoms with Gasteiger partial charge in [0.15, 0.2) is 0 Å². The fraction of sp³-hybridized carbons (Fsp3) is 0.261. The van der Waals surface area contributed by atoms with Gasteiger partial charge in [-0.1, -0.05) is 18.2 Å². The highest BCUT2D eigenvalue weighted by molar-refractivity contribution is 5.94. The summed E-state index contributed by atoms with van der Waals surface area (Å²) in [6.45, 7) is 3.79. The molecule has 5 rings (SSSR count). The molecule has 1 aliphatic rings. The first-order chi connectivity index (χ1) is 14.2. The molecule has 6 heteroatoms. The molecule has 4 aromatic rings. The Labute approximate surface area is 169 Å². The number of aromatic amines is 1. The van der Waals surface area contributed by atoms with Crippen molar-refractivity contribution in [3.8, 4) is 11.1 Å². The number of carbonyl (C=O) groups excluding carboxylic acids is 1. The molecule has 0 bridgehead atoms. The zero-order valence-electron chi connectivity index (χ0n) is 16.3. The number of nitrogens with one attached hydrogen (secondary N) is 1. The van der Waals surface area contributed by atoms with Crippen LogP contribution in [0.4, 0.5) is 0 Å². The molecule has 3 aromatic heterocycles. The van der Waals surface area contributed by atoms with E-state index in [1.165, 1.54) is 0 Å². The van der Waals surface area contributed by atoms with E-state index in [1.807, 2.05) is 47.6 Å². The largest absolute Gasteiger partial charge is 0.336 e. The van der Waals surface area contributed by atoms with Crippen LogP contribution in [0.25, 0.3) is 22.2 Å². The highest BCUT2D eigenvalue weighted by Gasteiger charge is 2.33. The lowest BCUT2D eigenvalue weighted by Gasteiger charge is -2.21. The quantitative estimate of drug-likeness (QED) is 0.578. The number of benzene rings is 1. The standard InChI is InChI=1S/C23H23N5O/c1-16-9-17(15-28(16)23(29)18-5-3-2-4-6-18)14-27-8-7-19-10-20(11-24-22(19)27)21-12-25-26-13-21/h2-8,10-13,16-17H,9,14-15H2,1H3,(H,25,26)/t16-,17-/m1/s1. The van der Waals surface area contributed by atoms with Gasteiger partial charge in [-0.2, -0.15) is 5.10 Å². The van der Waals surface area contributed by atoms with Crippen molar-refractivity contribution in [2.24, 2.45) is 5.92 Å². The number of pyridine rings is 1. The summed E-state index contributed by atoms with van der Waals surface area (Å²) in [5.41, 5.74) is 3.84. The molecule has 0 unspecified atom stereocenters. The monoisotopic (exact) mass is 385 g/mol. The van der Waals surface area contributed by atoms with Gasteiger partial charge in [-0.3, -0.25) is 9.89 Å². The van der Waals surface area contributed by atoms with Gasteiger partial charge in [-0.05, 0) is 43.5 Å². The smallest absolute Gasteiger partial charge is 0.254 e. The molecule has 2 atom stereocenters. The lowest BCUT2D eigenvalue weighted by Crippen LogP contribution is -2.34. The summed E-state index contributed by atoms with van der Waals surface area (Å²) < 4.78 is 2.21. The summed E-state index contributed by atoms with van der Waals surface area (Å²) in [4.78, 5) is 19.6. The van der Waals surface area contributed by atoms with Crippen molar-refractivity contribution in [1.29, 1.82) is 0 Å². The van der Waals surface area contributed by atoms with Crippen molar-refractivity contribution in [1.82, 2.24) is 24.6 Å². The van der Waals surface area contributed by atoms with Gasteiger partial charge in [0.2, 0.25) is 0 Å². The number of hydrogen-bond acceptors (Lipinski definition) is 3. The Kier molecular flexibility index (Phi) is 4.39. The molecule has 1 saturated heterocycles. The maximum Gasteiger partial charge on any atom is 0.254 e. The topological polar surface area (TPSA) is 66.8 Å². The SMILES string of the molecule is C[C@@H]1C[C@H](Cn2ccc3cc(-c4cn[nH]c4)cnc32)CN1C(=O)c1ccccc1. The van der Waals surface area contributed by atoms with Crippen LogP contribution in [0.2, 0.25) is 0 Å². The maximum atomic E-state index is 12.9. The molecule has 0 aliphatic carbocycles. The lowest BCUT2D eigenvalue weighted by atomic mass is 10.1. The lowest BCUT2D eigenvalue weighted by molar-refractivity contribution is 0.0742. The molecular formula is C23H23N5O. The average Bonchev–Trinajstić information content (AvgIpc) is 3.49. The Morgan fingerprint density at radius 1 is 1.17 bits per heavy atom. The maximum absolute atomic E-state index is 12.9. The second-order valence-electron chi connectivity index (χ2n) is 7.87. The molecule has 1 fully saturated rings.